The molecule has 344 valence electrons. The lowest BCUT2D eigenvalue weighted by atomic mass is 10.0. The van der Waals surface area contributed by atoms with Crippen LogP contribution in [0.3, 0.4) is 0 Å². The molecule has 0 atom stereocenters. The van der Waals surface area contributed by atoms with Crippen molar-refractivity contribution in [1.82, 2.24) is 30.1 Å². The van der Waals surface area contributed by atoms with Crippen molar-refractivity contribution in [1.29, 1.82) is 0 Å². The summed E-state index contributed by atoms with van der Waals surface area (Å²) in [5.41, 5.74) is 8.47. The van der Waals surface area contributed by atoms with Crippen LogP contribution in [0.2, 0.25) is 0 Å². The topological polar surface area (TPSA) is 137 Å². The summed E-state index contributed by atoms with van der Waals surface area (Å²) in [6.45, 7) is 7.13. The summed E-state index contributed by atoms with van der Waals surface area (Å²) in [6.07, 6.45) is 0.702. The molecule has 8 aromatic rings. The molecular weight excluding hydrogens is 905 g/mol. The van der Waals surface area contributed by atoms with E-state index in [0.717, 1.165) is 119 Å². The average molecular weight is 953 g/mol. The van der Waals surface area contributed by atoms with Gasteiger partial charge in [0.15, 0.2) is 0 Å². The van der Waals surface area contributed by atoms with E-state index in [2.05, 4.69) is 139 Å². The van der Waals surface area contributed by atoms with E-state index in [1.165, 1.54) is 9.79 Å². The maximum atomic E-state index is 13.1. The SMILES string of the molecule is O=c1o[nH][n+](-c2ccc(Cc3ccc(-[n+]4[nH]oc(=O)c4CN4CCN(C5=Nc6ccccc6Sc6ccccc65)CC4)cc3)cc2)c1CN1CCN(C2=Nc3ccccc3Sc3ccccc32)CC1. The fourth-order valence-electron chi connectivity index (χ4n) is 9.51. The Morgan fingerprint density at radius 2 is 0.841 bits per heavy atom. The van der Waals surface area contributed by atoms with Gasteiger partial charge in [-0.15, -0.1) is 0 Å². The smallest absolute Gasteiger partial charge is 0.354 e. The third kappa shape index (κ3) is 8.76. The number of rotatable bonds is 8. The van der Waals surface area contributed by atoms with Gasteiger partial charge < -0.3 is 9.80 Å². The summed E-state index contributed by atoms with van der Waals surface area (Å²) < 4.78 is 14.2. The Balaban J connectivity index is 0.672. The maximum Gasteiger partial charge on any atom is 0.431 e. The normalized spacial score (nSPS) is 16.1. The monoisotopic (exact) mass is 952 g/mol. The van der Waals surface area contributed by atoms with Crippen LogP contribution in [-0.4, -0.2) is 94.2 Å². The van der Waals surface area contributed by atoms with Gasteiger partial charge in [0.05, 0.1) is 24.5 Å². The Morgan fingerprint density at radius 1 is 0.464 bits per heavy atom. The number of fused-ring (bicyclic) bond motifs is 4. The quantitative estimate of drug-likeness (QED) is 0.152. The largest absolute Gasteiger partial charge is 0.431 e. The highest BCUT2D eigenvalue weighted by Crippen LogP contribution is 2.42. The molecule has 2 aromatic heterocycles. The molecule has 0 radical (unpaired) electrons. The van der Waals surface area contributed by atoms with Crippen molar-refractivity contribution in [2.24, 2.45) is 9.98 Å². The first-order valence-corrected chi connectivity index (χ1v) is 24.9. The number of aliphatic imine (C=N–C) groups is 2. The molecule has 2 N–H and O–H groups in total. The molecule has 0 unspecified atom stereocenters. The van der Waals surface area contributed by atoms with Crippen molar-refractivity contribution in [3.05, 3.63) is 200 Å². The molecular formula is C53H48N10O4S2+2. The number of nitrogens with zero attached hydrogens (tertiary/aromatic N) is 8. The number of aromatic nitrogens is 4. The van der Waals surface area contributed by atoms with Crippen LogP contribution in [0.25, 0.3) is 11.4 Å². The van der Waals surface area contributed by atoms with Gasteiger partial charge in [0, 0.05) is 107 Å². The third-order valence-corrected chi connectivity index (χ3v) is 15.5. The van der Waals surface area contributed by atoms with Crippen LogP contribution in [0.1, 0.15) is 33.6 Å². The zero-order chi connectivity index (χ0) is 46.3. The predicted octanol–water partition coefficient (Wildman–Crippen LogP) is 7.11. The number of piperazine rings is 2. The van der Waals surface area contributed by atoms with E-state index in [4.69, 9.17) is 19.0 Å². The van der Waals surface area contributed by atoms with Gasteiger partial charge in [-0.05, 0) is 73.9 Å². The van der Waals surface area contributed by atoms with Crippen LogP contribution in [0, 0.1) is 0 Å². The molecule has 6 aromatic carbocycles. The maximum absolute atomic E-state index is 13.1. The molecule has 2 saturated heterocycles. The van der Waals surface area contributed by atoms with E-state index in [1.807, 2.05) is 36.4 Å². The molecule has 16 heteroatoms. The minimum atomic E-state index is -0.377. The van der Waals surface area contributed by atoms with Crippen LogP contribution in [-0.2, 0) is 19.5 Å². The summed E-state index contributed by atoms with van der Waals surface area (Å²) in [5, 5.41) is 5.68. The number of amidine groups is 2. The van der Waals surface area contributed by atoms with Crippen molar-refractivity contribution in [2.75, 3.05) is 52.4 Å². The molecule has 4 aliphatic heterocycles. The third-order valence-electron chi connectivity index (χ3n) is 13.2. The molecule has 4 aliphatic rings. The lowest BCUT2D eigenvalue weighted by Crippen LogP contribution is -2.50. The van der Waals surface area contributed by atoms with Gasteiger partial charge >= 0.3 is 22.6 Å². The lowest BCUT2D eigenvalue weighted by molar-refractivity contribution is -0.678. The number of H-pyrrole nitrogens is 2. The Kier molecular flexibility index (Phi) is 11.7. The van der Waals surface area contributed by atoms with Gasteiger partial charge in [-0.25, -0.2) is 19.6 Å². The average Bonchev–Trinajstić information content (AvgIpc) is 3.81. The molecule has 2 fully saturated rings. The first-order valence-electron chi connectivity index (χ1n) is 23.3. The van der Waals surface area contributed by atoms with Crippen molar-refractivity contribution < 1.29 is 18.4 Å². The second kappa shape index (κ2) is 18.7. The summed E-state index contributed by atoms with van der Waals surface area (Å²) in [6, 6.07) is 49.9. The molecule has 0 spiro atoms. The van der Waals surface area contributed by atoms with Crippen LogP contribution in [0.4, 0.5) is 11.4 Å². The standard InChI is InChI=1S/C53H46N10O4S2/c64-52-44(34-58-25-29-60(30-26-58)50-40-9-1-5-13-46(40)68-48-15-7-3-11-42(48)54-50)62(56-66-52)38-21-17-36(18-22-38)33-37-19-23-39(24-20-37)63-45(53(65)67-57-63)35-59-27-31-61(32-28-59)51-41-10-2-6-14-47(41)69-49-16-8-4-12-43(49)55-51/h1-24H,25-35H2/p+2. The second-order valence-corrected chi connectivity index (χ2v) is 19.7. The predicted molar refractivity (Wildman–Crippen MR) is 265 cm³/mol. The van der Waals surface area contributed by atoms with E-state index >= 15 is 0 Å². The van der Waals surface area contributed by atoms with Gasteiger partial charge in [0.2, 0.25) is 11.4 Å². The summed E-state index contributed by atoms with van der Waals surface area (Å²) in [5.74, 6) is 1.99. The molecule has 14 nitrogen and oxygen atoms in total. The van der Waals surface area contributed by atoms with Gasteiger partial charge in [0.1, 0.15) is 11.7 Å². The number of benzene rings is 6. The summed E-state index contributed by atoms with van der Waals surface area (Å²) in [7, 11) is 0. The Hall–Kier alpha value is -7.24. The van der Waals surface area contributed by atoms with Crippen LogP contribution in [0.15, 0.2) is 194 Å². The highest BCUT2D eigenvalue weighted by molar-refractivity contribution is 7.99. The number of hydrogen-bond acceptors (Lipinski definition) is 12. The Bertz CT molecular complexity index is 3140. The minimum absolute atomic E-state index is 0.377. The highest BCUT2D eigenvalue weighted by Gasteiger charge is 2.32. The van der Waals surface area contributed by atoms with Crippen LogP contribution >= 0.6 is 23.5 Å². The first-order chi connectivity index (χ1) is 34.0. The molecule has 0 amide bonds. The van der Waals surface area contributed by atoms with Gasteiger partial charge in [-0.3, -0.25) is 18.8 Å². The number of nitrogens with one attached hydrogen (secondary N) is 2. The number of para-hydroxylation sites is 2. The fourth-order valence-corrected chi connectivity index (χ4v) is 11.5. The zero-order valence-corrected chi connectivity index (χ0v) is 39.3. The highest BCUT2D eigenvalue weighted by atomic mass is 32.2. The minimum Gasteiger partial charge on any atom is -0.354 e. The number of hydrogen-bond donors (Lipinski definition) is 2. The fraction of sp³-hybridized carbons (Fsp3) is 0.208. The molecule has 0 saturated carbocycles. The van der Waals surface area contributed by atoms with Gasteiger partial charge in [-0.1, -0.05) is 108 Å². The molecule has 69 heavy (non-hydrogen) atoms. The summed E-state index contributed by atoms with van der Waals surface area (Å²) in [4.78, 5) is 50.5. The molecule has 12 rings (SSSR count). The van der Waals surface area contributed by atoms with Gasteiger partial charge in [-0.2, -0.15) is 0 Å². The molecule has 0 aliphatic carbocycles. The Labute approximate surface area is 406 Å². The van der Waals surface area contributed by atoms with E-state index in [0.29, 0.717) is 30.9 Å². The van der Waals surface area contributed by atoms with Crippen molar-refractivity contribution in [3.8, 4) is 11.4 Å². The van der Waals surface area contributed by atoms with E-state index < -0.39 is 0 Å². The molecule has 0 bridgehead atoms. The lowest BCUT2D eigenvalue weighted by Gasteiger charge is -2.35. The zero-order valence-electron chi connectivity index (χ0n) is 37.7. The van der Waals surface area contributed by atoms with Crippen molar-refractivity contribution >= 4 is 46.6 Å². The summed E-state index contributed by atoms with van der Waals surface area (Å²) >= 11 is 3.52. The van der Waals surface area contributed by atoms with E-state index in [-0.39, 0.29) is 11.3 Å². The Morgan fingerprint density at radius 3 is 1.26 bits per heavy atom. The van der Waals surface area contributed by atoms with Crippen molar-refractivity contribution in [2.45, 2.75) is 39.1 Å². The second-order valence-electron chi connectivity index (χ2n) is 17.6. The van der Waals surface area contributed by atoms with Crippen LogP contribution < -0.4 is 20.6 Å². The van der Waals surface area contributed by atoms with E-state index in [9.17, 15) is 9.59 Å². The van der Waals surface area contributed by atoms with Crippen molar-refractivity contribution in [3.63, 3.8) is 0 Å². The first kappa shape index (κ1) is 43.1. The van der Waals surface area contributed by atoms with Gasteiger partial charge in [0.25, 0.3) is 0 Å². The van der Waals surface area contributed by atoms with E-state index in [1.54, 1.807) is 32.9 Å². The number of aromatic amines is 2. The molecule has 6 heterocycles. The van der Waals surface area contributed by atoms with Crippen LogP contribution in [0.5, 0.6) is 0 Å².